The molecule has 2 N–H and O–H groups in total. The fourth-order valence-corrected chi connectivity index (χ4v) is 2.73. The minimum atomic E-state index is -0.973. The van der Waals surface area contributed by atoms with Crippen LogP contribution in [0.1, 0.15) is 33.1 Å². The summed E-state index contributed by atoms with van der Waals surface area (Å²) < 4.78 is 14.4. The Labute approximate surface area is 134 Å². The van der Waals surface area contributed by atoms with Crippen LogP contribution in [0.15, 0.2) is 29.2 Å². The minimum Gasteiger partial charge on any atom is -0.326 e. The van der Waals surface area contributed by atoms with Crippen molar-refractivity contribution in [1.29, 1.82) is 0 Å². The van der Waals surface area contributed by atoms with E-state index in [-0.39, 0.29) is 11.2 Å². The predicted molar refractivity (Wildman–Crippen MR) is 92.0 cm³/mol. The topological polar surface area (TPSA) is 58.2 Å². The molecule has 1 amide bonds. The van der Waals surface area contributed by atoms with Crippen molar-refractivity contribution in [3.05, 3.63) is 24.3 Å². The van der Waals surface area contributed by atoms with Crippen molar-refractivity contribution in [3.8, 4) is 0 Å². The van der Waals surface area contributed by atoms with Crippen LogP contribution in [0.4, 0.5) is 5.69 Å². The molecule has 1 atom stereocenters. The lowest BCUT2D eigenvalue weighted by Crippen LogP contribution is -2.25. The van der Waals surface area contributed by atoms with Gasteiger partial charge in [0.15, 0.2) is 0 Å². The van der Waals surface area contributed by atoms with Gasteiger partial charge >= 0.3 is 0 Å². The zero-order valence-electron chi connectivity index (χ0n) is 12.8. The van der Waals surface area contributed by atoms with Crippen LogP contribution in [0.25, 0.3) is 0 Å². The van der Waals surface area contributed by atoms with Gasteiger partial charge in [-0.05, 0) is 57.2 Å². The molecule has 21 heavy (non-hydrogen) atoms. The van der Waals surface area contributed by atoms with Crippen molar-refractivity contribution in [2.75, 3.05) is 18.1 Å². The average Bonchev–Trinajstić information content (AvgIpc) is 2.47. The number of thioether (sulfide) groups is 1. The highest BCUT2D eigenvalue weighted by Crippen LogP contribution is 2.17. The van der Waals surface area contributed by atoms with Gasteiger partial charge in [0, 0.05) is 28.8 Å². The summed E-state index contributed by atoms with van der Waals surface area (Å²) in [6, 6.07) is 7.81. The van der Waals surface area contributed by atoms with Gasteiger partial charge in [0.25, 0.3) is 0 Å². The molecule has 1 aromatic rings. The van der Waals surface area contributed by atoms with Gasteiger partial charge < -0.3 is 5.32 Å². The highest BCUT2D eigenvalue weighted by atomic mass is 32.2. The monoisotopic (exact) mass is 328 g/mol. The number of nitrogens with one attached hydrogen (secondary N) is 2. The summed E-state index contributed by atoms with van der Waals surface area (Å²) in [7, 11) is -0.973. The molecule has 4 nitrogen and oxygen atoms in total. The fourth-order valence-electron chi connectivity index (χ4n) is 1.65. The summed E-state index contributed by atoms with van der Waals surface area (Å²) in [6.45, 7) is 4.51. The maximum atomic E-state index is 11.8. The summed E-state index contributed by atoms with van der Waals surface area (Å²) >= 11 is 1.68. The molecule has 0 radical (unpaired) electrons. The lowest BCUT2D eigenvalue weighted by molar-refractivity contribution is -0.116. The van der Waals surface area contributed by atoms with Crippen molar-refractivity contribution < 1.29 is 9.00 Å². The third-order valence-corrected chi connectivity index (χ3v) is 4.97. The highest BCUT2D eigenvalue weighted by Gasteiger charge is 2.05. The van der Waals surface area contributed by atoms with Gasteiger partial charge in [-0.25, -0.2) is 8.93 Å². The molecule has 0 heterocycles. The smallest absolute Gasteiger partial charge is 0.224 e. The maximum Gasteiger partial charge on any atom is 0.224 e. The van der Waals surface area contributed by atoms with Crippen LogP contribution in [-0.2, 0) is 15.8 Å². The summed E-state index contributed by atoms with van der Waals surface area (Å²) in [5.41, 5.74) is 0.830. The molecule has 0 aromatic heterocycles. The summed E-state index contributed by atoms with van der Waals surface area (Å²) in [6.07, 6.45) is 4.14. The number of carbonyl (C=O) groups excluding carboxylic acids is 1. The normalized spacial score (nSPS) is 12.4. The van der Waals surface area contributed by atoms with Gasteiger partial charge in [-0.1, -0.05) is 0 Å². The van der Waals surface area contributed by atoms with Gasteiger partial charge in [-0.15, -0.1) is 11.8 Å². The van der Waals surface area contributed by atoms with E-state index in [4.69, 9.17) is 0 Å². The molecule has 0 aliphatic heterocycles. The second kappa shape index (κ2) is 9.97. The van der Waals surface area contributed by atoms with E-state index in [1.807, 2.05) is 44.4 Å². The first-order valence-electron chi connectivity index (χ1n) is 7.11. The fraction of sp³-hybridized carbons (Fsp3) is 0.533. The zero-order chi connectivity index (χ0) is 15.7. The van der Waals surface area contributed by atoms with E-state index < -0.39 is 11.0 Å². The second-order valence-corrected chi connectivity index (χ2v) is 7.68. The number of anilines is 1. The molecule has 118 valence electrons. The van der Waals surface area contributed by atoms with Gasteiger partial charge in [0.1, 0.15) is 0 Å². The van der Waals surface area contributed by atoms with E-state index >= 15 is 0 Å². The Morgan fingerprint density at radius 1 is 1.24 bits per heavy atom. The molecule has 0 spiro atoms. The molecule has 0 saturated heterocycles. The number of benzene rings is 1. The van der Waals surface area contributed by atoms with Crippen molar-refractivity contribution in [1.82, 2.24) is 4.72 Å². The summed E-state index contributed by atoms with van der Waals surface area (Å²) in [5.74, 6) is 0.0249. The predicted octanol–water partition coefficient (Wildman–Crippen LogP) is 3.18. The quantitative estimate of drug-likeness (QED) is 0.541. The van der Waals surface area contributed by atoms with Crippen LogP contribution in [0.5, 0.6) is 0 Å². The molecule has 0 saturated carbocycles. The number of unbranched alkanes of at least 4 members (excludes halogenated alkanes) is 1. The Balaban J connectivity index is 2.17. The number of hydrogen-bond acceptors (Lipinski definition) is 3. The Morgan fingerprint density at radius 2 is 1.90 bits per heavy atom. The lowest BCUT2D eigenvalue weighted by atomic mass is 10.2. The van der Waals surface area contributed by atoms with Gasteiger partial charge in [0.05, 0.1) is 11.0 Å². The molecular formula is C15H24N2O2S2. The largest absolute Gasteiger partial charge is 0.326 e. The Kier molecular flexibility index (Phi) is 8.64. The number of carbonyl (C=O) groups is 1. The van der Waals surface area contributed by atoms with Crippen LogP contribution in [0.3, 0.4) is 0 Å². The first kappa shape index (κ1) is 18.2. The molecule has 0 bridgehead atoms. The van der Waals surface area contributed by atoms with Gasteiger partial charge in [-0.3, -0.25) is 4.79 Å². The average molecular weight is 329 g/mol. The van der Waals surface area contributed by atoms with E-state index in [9.17, 15) is 9.00 Å². The molecule has 1 unspecified atom stereocenters. The third kappa shape index (κ3) is 7.64. The van der Waals surface area contributed by atoms with E-state index in [0.717, 1.165) is 18.5 Å². The van der Waals surface area contributed by atoms with Crippen molar-refractivity contribution >= 4 is 34.3 Å². The van der Waals surface area contributed by atoms with Crippen LogP contribution < -0.4 is 10.0 Å². The second-order valence-electron chi connectivity index (χ2n) is 4.97. The van der Waals surface area contributed by atoms with Crippen molar-refractivity contribution in [2.24, 2.45) is 0 Å². The van der Waals surface area contributed by atoms with E-state index in [1.54, 1.807) is 11.8 Å². The number of hydrogen-bond donors (Lipinski definition) is 2. The molecule has 6 heteroatoms. The Hall–Kier alpha value is -0.850. The molecule has 0 aliphatic rings. The molecule has 1 aromatic carbocycles. The molecular weight excluding hydrogens is 304 g/mol. The van der Waals surface area contributed by atoms with Crippen molar-refractivity contribution in [3.63, 3.8) is 0 Å². The summed E-state index contributed by atoms with van der Waals surface area (Å²) in [5, 5.41) is 3.01. The number of amides is 1. The molecule has 0 aliphatic carbocycles. The molecule has 1 rings (SSSR count). The Bertz CT molecular complexity index is 461. The van der Waals surface area contributed by atoms with Crippen LogP contribution in [0.2, 0.25) is 0 Å². The summed E-state index contributed by atoms with van der Waals surface area (Å²) in [4.78, 5) is 13.0. The van der Waals surface area contributed by atoms with Gasteiger partial charge in [-0.2, -0.15) is 0 Å². The minimum absolute atomic E-state index is 0.0249. The maximum absolute atomic E-state index is 11.8. The first-order chi connectivity index (χ1) is 10.0. The Morgan fingerprint density at radius 3 is 2.48 bits per heavy atom. The van der Waals surface area contributed by atoms with E-state index in [2.05, 4.69) is 10.0 Å². The van der Waals surface area contributed by atoms with Crippen LogP contribution in [-0.4, -0.2) is 28.2 Å². The SMILES string of the molecule is CSc1ccc(NC(=O)CCCCNS(=O)C(C)C)cc1. The van der Waals surface area contributed by atoms with Gasteiger partial charge in [0.2, 0.25) is 5.91 Å². The van der Waals surface area contributed by atoms with E-state index in [1.165, 1.54) is 4.90 Å². The lowest BCUT2D eigenvalue weighted by Gasteiger charge is -2.08. The van der Waals surface area contributed by atoms with Crippen molar-refractivity contribution in [2.45, 2.75) is 43.3 Å². The van der Waals surface area contributed by atoms with Crippen LogP contribution in [0, 0.1) is 0 Å². The first-order valence-corrected chi connectivity index (χ1v) is 9.54. The zero-order valence-corrected chi connectivity index (χ0v) is 14.5. The third-order valence-electron chi connectivity index (χ3n) is 2.88. The molecule has 0 fully saturated rings. The highest BCUT2D eigenvalue weighted by molar-refractivity contribution is 7.98. The van der Waals surface area contributed by atoms with Crippen LogP contribution >= 0.6 is 11.8 Å². The standard InChI is InChI=1S/C15H24N2O2S2/c1-12(2)21(19)16-11-5-4-6-15(18)17-13-7-9-14(20-3)10-8-13/h7-10,12,16H,4-6,11H2,1-3H3,(H,17,18). The number of rotatable bonds is 9. The van der Waals surface area contributed by atoms with E-state index in [0.29, 0.717) is 13.0 Å².